The van der Waals surface area contributed by atoms with Gasteiger partial charge in [0.05, 0.1) is 17.1 Å². The fraction of sp³-hybridized carbons (Fsp3) is 0.150. The van der Waals surface area contributed by atoms with Crippen LogP contribution in [0.4, 0.5) is 0 Å². The van der Waals surface area contributed by atoms with Crippen molar-refractivity contribution in [2.45, 2.75) is 19.5 Å². The van der Waals surface area contributed by atoms with Crippen molar-refractivity contribution in [1.82, 2.24) is 24.7 Å². The number of imidazole rings is 1. The number of nitrogens with one attached hydrogen (secondary N) is 2. The van der Waals surface area contributed by atoms with Crippen LogP contribution >= 0.6 is 22.7 Å². The predicted molar refractivity (Wildman–Crippen MR) is 114 cm³/mol. The monoisotopic (exact) mass is 407 g/mol. The third-order valence-corrected chi connectivity index (χ3v) is 6.44. The van der Waals surface area contributed by atoms with E-state index < -0.39 is 0 Å². The van der Waals surface area contributed by atoms with Crippen LogP contribution in [0.2, 0.25) is 0 Å². The number of pyridine rings is 1. The van der Waals surface area contributed by atoms with Crippen molar-refractivity contribution >= 4 is 38.5 Å². The third kappa shape index (κ3) is 3.05. The van der Waals surface area contributed by atoms with Crippen molar-refractivity contribution in [3.8, 4) is 10.4 Å². The van der Waals surface area contributed by atoms with E-state index in [0.29, 0.717) is 17.8 Å². The Morgan fingerprint density at radius 2 is 2.14 bits per heavy atom. The largest absolute Gasteiger partial charge is 0.309 e. The van der Waals surface area contributed by atoms with Crippen LogP contribution in [-0.2, 0) is 6.54 Å². The number of aromatic amines is 1. The Kier molecular flexibility index (Phi) is 4.31. The van der Waals surface area contributed by atoms with Gasteiger partial charge in [-0.2, -0.15) is 0 Å². The maximum Gasteiger partial charge on any atom is 0.260 e. The Morgan fingerprint density at radius 3 is 2.96 bits per heavy atom. The maximum absolute atomic E-state index is 12.7. The zero-order valence-corrected chi connectivity index (χ0v) is 16.7. The molecule has 5 aromatic rings. The van der Waals surface area contributed by atoms with Crippen molar-refractivity contribution in [1.29, 1.82) is 0 Å². The summed E-state index contributed by atoms with van der Waals surface area (Å²) in [5.74, 6) is 0.640. The molecule has 0 unspecified atom stereocenters. The van der Waals surface area contributed by atoms with E-state index in [9.17, 15) is 4.79 Å². The van der Waals surface area contributed by atoms with Crippen LogP contribution in [0.5, 0.6) is 0 Å². The van der Waals surface area contributed by atoms with Gasteiger partial charge in [0.1, 0.15) is 16.3 Å². The average Bonchev–Trinajstić information content (AvgIpc) is 3.43. The zero-order valence-electron chi connectivity index (χ0n) is 15.0. The minimum absolute atomic E-state index is 0.0916. The topological polar surface area (TPSA) is 75.1 Å². The van der Waals surface area contributed by atoms with Gasteiger partial charge in [-0.25, -0.2) is 9.97 Å². The normalized spacial score (nSPS) is 12.8. The summed E-state index contributed by atoms with van der Waals surface area (Å²) in [7, 11) is 0. The van der Waals surface area contributed by atoms with E-state index in [-0.39, 0.29) is 11.6 Å². The Labute approximate surface area is 168 Å². The SMILES string of the molecule is C[C@@H](NCc1cn2ccccc2n1)c1nc2scc(-c3cccs3)c2c(=O)[nH]1. The van der Waals surface area contributed by atoms with Crippen LogP contribution in [0.15, 0.2) is 58.3 Å². The highest BCUT2D eigenvalue weighted by atomic mass is 32.1. The third-order valence-electron chi connectivity index (χ3n) is 4.66. The summed E-state index contributed by atoms with van der Waals surface area (Å²) in [5, 5.41) is 8.10. The number of thiophene rings is 2. The summed E-state index contributed by atoms with van der Waals surface area (Å²) >= 11 is 3.13. The maximum atomic E-state index is 12.7. The molecule has 2 N–H and O–H groups in total. The second kappa shape index (κ2) is 6.97. The highest BCUT2D eigenvalue weighted by Gasteiger charge is 2.16. The zero-order chi connectivity index (χ0) is 19.1. The Morgan fingerprint density at radius 1 is 1.21 bits per heavy atom. The van der Waals surface area contributed by atoms with Gasteiger partial charge in [0, 0.05) is 34.8 Å². The van der Waals surface area contributed by atoms with Crippen molar-refractivity contribution in [3.05, 3.63) is 75.4 Å². The standard InChI is InChI=1S/C20H17N5OS2/c1-12(21-9-13-10-25-7-3-2-6-16(25)22-13)18-23-19(26)17-14(11-28-20(17)24-18)15-5-4-8-27-15/h2-8,10-12,21H,9H2,1H3,(H,23,24,26)/t12-/m1/s1. The summed E-state index contributed by atoms with van der Waals surface area (Å²) in [6, 6.07) is 9.83. The van der Waals surface area contributed by atoms with Crippen molar-refractivity contribution in [2.75, 3.05) is 0 Å². The molecule has 6 nitrogen and oxygen atoms in total. The molecule has 0 aliphatic heterocycles. The average molecular weight is 408 g/mol. The van der Waals surface area contributed by atoms with Gasteiger partial charge in [0.2, 0.25) is 0 Å². The lowest BCUT2D eigenvalue weighted by Crippen LogP contribution is -2.23. The van der Waals surface area contributed by atoms with Gasteiger partial charge in [-0.3, -0.25) is 4.79 Å². The van der Waals surface area contributed by atoms with Crippen LogP contribution < -0.4 is 10.9 Å². The summed E-state index contributed by atoms with van der Waals surface area (Å²) in [4.78, 5) is 26.8. The van der Waals surface area contributed by atoms with Gasteiger partial charge in [-0.15, -0.1) is 22.7 Å². The molecule has 5 rings (SSSR count). The predicted octanol–water partition coefficient (Wildman–Crippen LogP) is 4.21. The molecule has 5 aromatic heterocycles. The van der Waals surface area contributed by atoms with Gasteiger partial charge in [-0.1, -0.05) is 12.1 Å². The lowest BCUT2D eigenvalue weighted by Gasteiger charge is -2.12. The first-order valence-corrected chi connectivity index (χ1v) is 10.7. The lowest BCUT2D eigenvalue weighted by atomic mass is 10.2. The van der Waals surface area contributed by atoms with E-state index in [1.807, 2.05) is 64.8 Å². The van der Waals surface area contributed by atoms with Crippen molar-refractivity contribution in [3.63, 3.8) is 0 Å². The number of fused-ring (bicyclic) bond motifs is 2. The molecule has 0 spiro atoms. The summed E-state index contributed by atoms with van der Waals surface area (Å²) in [6.45, 7) is 2.59. The molecule has 0 saturated heterocycles. The molecular formula is C20H17N5OS2. The van der Waals surface area contributed by atoms with E-state index in [1.165, 1.54) is 11.3 Å². The quantitative estimate of drug-likeness (QED) is 0.458. The van der Waals surface area contributed by atoms with E-state index in [0.717, 1.165) is 26.6 Å². The molecule has 28 heavy (non-hydrogen) atoms. The fourth-order valence-corrected chi connectivity index (χ4v) is 4.98. The summed E-state index contributed by atoms with van der Waals surface area (Å²) < 4.78 is 1.99. The number of nitrogens with zero attached hydrogens (tertiary/aromatic N) is 3. The Bertz CT molecular complexity index is 1280. The molecule has 0 fully saturated rings. The van der Waals surface area contributed by atoms with Gasteiger partial charge in [0.15, 0.2) is 0 Å². The molecule has 1 atom stereocenters. The summed E-state index contributed by atoms with van der Waals surface area (Å²) in [6.07, 6.45) is 3.98. The molecule has 0 aliphatic carbocycles. The lowest BCUT2D eigenvalue weighted by molar-refractivity contribution is 0.542. The van der Waals surface area contributed by atoms with Gasteiger partial charge < -0.3 is 14.7 Å². The molecule has 0 amide bonds. The number of hydrogen-bond acceptors (Lipinski definition) is 6. The van der Waals surface area contributed by atoms with Crippen LogP contribution in [0, 0.1) is 0 Å². The number of aromatic nitrogens is 4. The Hall–Kier alpha value is -2.81. The van der Waals surface area contributed by atoms with Crippen LogP contribution in [0.25, 0.3) is 26.3 Å². The second-order valence-electron chi connectivity index (χ2n) is 6.56. The van der Waals surface area contributed by atoms with Crippen molar-refractivity contribution in [2.24, 2.45) is 0 Å². The highest BCUT2D eigenvalue weighted by molar-refractivity contribution is 7.18. The number of H-pyrrole nitrogens is 1. The molecule has 0 aromatic carbocycles. The molecule has 8 heteroatoms. The smallest absolute Gasteiger partial charge is 0.260 e. The van der Waals surface area contributed by atoms with Crippen LogP contribution in [0.3, 0.4) is 0 Å². The molecule has 0 saturated carbocycles. The first-order chi connectivity index (χ1) is 13.7. The highest BCUT2D eigenvalue weighted by Crippen LogP contribution is 2.33. The molecule has 0 bridgehead atoms. The van der Waals surface area contributed by atoms with Gasteiger partial charge >= 0.3 is 0 Å². The van der Waals surface area contributed by atoms with Gasteiger partial charge in [0.25, 0.3) is 5.56 Å². The van der Waals surface area contributed by atoms with Gasteiger partial charge in [-0.05, 0) is 30.5 Å². The number of rotatable bonds is 5. The minimum atomic E-state index is -0.103. The second-order valence-corrected chi connectivity index (χ2v) is 8.36. The molecule has 0 aliphatic rings. The van der Waals surface area contributed by atoms with E-state index in [2.05, 4.69) is 15.3 Å². The van der Waals surface area contributed by atoms with E-state index in [4.69, 9.17) is 4.98 Å². The first-order valence-electron chi connectivity index (χ1n) is 8.90. The number of hydrogen-bond donors (Lipinski definition) is 2. The van der Waals surface area contributed by atoms with E-state index >= 15 is 0 Å². The molecule has 5 heterocycles. The molecule has 0 radical (unpaired) electrons. The molecular weight excluding hydrogens is 390 g/mol. The Balaban J connectivity index is 1.40. The van der Waals surface area contributed by atoms with Crippen LogP contribution in [0.1, 0.15) is 24.5 Å². The first kappa shape index (κ1) is 17.3. The molecule has 140 valence electrons. The minimum Gasteiger partial charge on any atom is -0.309 e. The van der Waals surface area contributed by atoms with Crippen molar-refractivity contribution < 1.29 is 0 Å². The summed E-state index contributed by atoms with van der Waals surface area (Å²) in [5.41, 5.74) is 2.73. The fourth-order valence-electron chi connectivity index (χ4n) is 3.21. The van der Waals surface area contributed by atoms with Crippen LogP contribution in [-0.4, -0.2) is 19.4 Å². The van der Waals surface area contributed by atoms with E-state index in [1.54, 1.807) is 11.3 Å².